The Morgan fingerprint density at radius 1 is 1.41 bits per heavy atom. The molecule has 0 amide bonds. The summed E-state index contributed by atoms with van der Waals surface area (Å²) < 4.78 is 20.7. The van der Waals surface area contributed by atoms with Gasteiger partial charge < -0.3 is 4.74 Å². The highest BCUT2D eigenvalue weighted by molar-refractivity contribution is 5.72. The van der Waals surface area contributed by atoms with Crippen LogP contribution in [0.4, 0.5) is 4.39 Å². The normalized spacial score (nSPS) is 20.9. The molecule has 0 bridgehead atoms. The predicted molar refractivity (Wildman–Crippen MR) is 58.9 cm³/mol. The van der Waals surface area contributed by atoms with Crippen LogP contribution in [0.15, 0.2) is 6.33 Å². The molecule has 90 valence electrons. The monoisotopic (exact) mass is 236 g/mol. The summed E-state index contributed by atoms with van der Waals surface area (Å²) in [4.78, 5) is 11.7. The van der Waals surface area contributed by atoms with Gasteiger partial charge in [-0.15, -0.1) is 0 Å². The fourth-order valence-corrected chi connectivity index (χ4v) is 2.18. The summed E-state index contributed by atoms with van der Waals surface area (Å²) in [6.45, 7) is 2.46. The van der Waals surface area contributed by atoms with Gasteiger partial charge in [-0.3, -0.25) is 4.57 Å². The molecule has 0 spiro atoms. The first-order chi connectivity index (χ1) is 8.25. The topological polar surface area (TPSA) is 52.8 Å². The van der Waals surface area contributed by atoms with Gasteiger partial charge in [0.2, 0.25) is 0 Å². The Morgan fingerprint density at radius 2 is 2.29 bits per heavy atom. The SMILES string of the molecule is Cc1nc(F)nc2c1ncn2C1CCCCO1. The lowest BCUT2D eigenvalue weighted by atomic mass is 10.2. The van der Waals surface area contributed by atoms with Crippen LogP contribution in [0, 0.1) is 13.0 Å². The van der Waals surface area contributed by atoms with E-state index >= 15 is 0 Å². The van der Waals surface area contributed by atoms with E-state index in [9.17, 15) is 4.39 Å². The molecule has 1 unspecified atom stereocenters. The van der Waals surface area contributed by atoms with E-state index < -0.39 is 6.08 Å². The highest BCUT2D eigenvalue weighted by Gasteiger charge is 2.20. The summed E-state index contributed by atoms with van der Waals surface area (Å²) in [7, 11) is 0. The van der Waals surface area contributed by atoms with Crippen molar-refractivity contribution in [2.24, 2.45) is 0 Å². The lowest BCUT2D eigenvalue weighted by molar-refractivity contribution is -0.0298. The van der Waals surface area contributed by atoms with E-state index in [0.717, 1.165) is 25.9 Å². The van der Waals surface area contributed by atoms with Crippen molar-refractivity contribution in [2.75, 3.05) is 6.61 Å². The number of aryl methyl sites for hydroxylation is 1. The Balaban J connectivity index is 2.10. The minimum Gasteiger partial charge on any atom is -0.358 e. The van der Waals surface area contributed by atoms with Crippen LogP contribution in [0.2, 0.25) is 0 Å². The van der Waals surface area contributed by atoms with Crippen molar-refractivity contribution in [1.29, 1.82) is 0 Å². The van der Waals surface area contributed by atoms with Crippen LogP contribution in [0.3, 0.4) is 0 Å². The summed E-state index contributed by atoms with van der Waals surface area (Å²) in [5, 5.41) is 0. The van der Waals surface area contributed by atoms with Gasteiger partial charge in [0.1, 0.15) is 11.7 Å². The maximum Gasteiger partial charge on any atom is 0.310 e. The Morgan fingerprint density at radius 3 is 3.06 bits per heavy atom. The van der Waals surface area contributed by atoms with Crippen LogP contribution in [0.1, 0.15) is 31.2 Å². The zero-order chi connectivity index (χ0) is 11.8. The van der Waals surface area contributed by atoms with Gasteiger partial charge in [0.15, 0.2) is 5.65 Å². The van der Waals surface area contributed by atoms with Crippen molar-refractivity contribution in [3.05, 3.63) is 18.1 Å². The second-order valence-electron chi connectivity index (χ2n) is 4.22. The third kappa shape index (κ3) is 1.78. The van der Waals surface area contributed by atoms with Crippen molar-refractivity contribution in [3.8, 4) is 0 Å². The Bertz CT molecular complexity index is 548. The van der Waals surface area contributed by atoms with Gasteiger partial charge in [0.05, 0.1) is 12.0 Å². The summed E-state index contributed by atoms with van der Waals surface area (Å²) >= 11 is 0. The molecule has 1 atom stereocenters. The number of ether oxygens (including phenoxy) is 1. The molecule has 2 aromatic heterocycles. The van der Waals surface area contributed by atoms with E-state index in [4.69, 9.17) is 4.74 Å². The predicted octanol–water partition coefficient (Wildman–Crippen LogP) is 1.97. The molecule has 0 radical (unpaired) electrons. The first-order valence-electron chi connectivity index (χ1n) is 5.74. The lowest BCUT2D eigenvalue weighted by Gasteiger charge is -2.23. The number of aromatic nitrogens is 4. The number of hydrogen-bond donors (Lipinski definition) is 0. The second kappa shape index (κ2) is 4.03. The zero-order valence-electron chi connectivity index (χ0n) is 9.56. The van der Waals surface area contributed by atoms with Crippen LogP contribution in [0.25, 0.3) is 11.2 Å². The van der Waals surface area contributed by atoms with Crippen LogP contribution in [-0.2, 0) is 4.74 Å². The molecule has 3 rings (SSSR count). The maximum absolute atomic E-state index is 13.2. The second-order valence-corrected chi connectivity index (χ2v) is 4.22. The minimum atomic E-state index is -0.715. The van der Waals surface area contributed by atoms with Gasteiger partial charge >= 0.3 is 6.08 Å². The van der Waals surface area contributed by atoms with Crippen molar-refractivity contribution in [2.45, 2.75) is 32.4 Å². The van der Waals surface area contributed by atoms with Crippen molar-refractivity contribution in [1.82, 2.24) is 19.5 Å². The molecule has 0 saturated carbocycles. The van der Waals surface area contributed by atoms with Gasteiger partial charge in [-0.2, -0.15) is 9.37 Å². The van der Waals surface area contributed by atoms with Crippen LogP contribution in [0.5, 0.6) is 0 Å². The molecule has 17 heavy (non-hydrogen) atoms. The standard InChI is InChI=1S/C11H13FN4O/c1-7-9-10(15-11(12)14-7)16(6-13-9)8-4-2-3-5-17-8/h6,8H,2-5H2,1H3. The summed E-state index contributed by atoms with van der Waals surface area (Å²) in [6, 6.07) is 0. The van der Waals surface area contributed by atoms with Crippen LogP contribution in [-0.4, -0.2) is 26.1 Å². The molecule has 6 heteroatoms. The van der Waals surface area contributed by atoms with Gasteiger partial charge in [-0.25, -0.2) is 9.97 Å². The molecule has 3 heterocycles. The molecule has 5 nitrogen and oxygen atoms in total. The van der Waals surface area contributed by atoms with Gasteiger partial charge in [-0.05, 0) is 26.2 Å². The number of hydrogen-bond acceptors (Lipinski definition) is 4. The van der Waals surface area contributed by atoms with Gasteiger partial charge in [0, 0.05) is 6.61 Å². The third-order valence-electron chi connectivity index (χ3n) is 3.03. The van der Waals surface area contributed by atoms with Crippen LogP contribution < -0.4 is 0 Å². The summed E-state index contributed by atoms with van der Waals surface area (Å²) in [6.07, 6.45) is 3.95. The maximum atomic E-state index is 13.2. The molecule has 1 saturated heterocycles. The van der Waals surface area contributed by atoms with Crippen molar-refractivity contribution >= 4 is 11.2 Å². The number of nitrogens with zero attached hydrogens (tertiary/aromatic N) is 4. The summed E-state index contributed by atoms with van der Waals surface area (Å²) in [5.74, 6) is 0. The number of imidazole rings is 1. The Hall–Kier alpha value is -1.56. The van der Waals surface area contributed by atoms with Crippen LogP contribution >= 0.6 is 0 Å². The highest BCUT2D eigenvalue weighted by atomic mass is 19.1. The minimum absolute atomic E-state index is 0.0811. The van der Waals surface area contributed by atoms with E-state index in [1.165, 1.54) is 0 Å². The fraction of sp³-hybridized carbons (Fsp3) is 0.545. The molecular weight excluding hydrogens is 223 g/mol. The van der Waals surface area contributed by atoms with E-state index in [2.05, 4.69) is 15.0 Å². The number of rotatable bonds is 1. The Labute approximate surface area is 97.7 Å². The quantitative estimate of drug-likeness (QED) is 0.710. The molecule has 0 N–H and O–H groups in total. The molecule has 1 fully saturated rings. The molecule has 0 aliphatic carbocycles. The molecule has 2 aromatic rings. The van der Waals surface area contributed by atoms with Crippen molar-refractivity contribution in [3.63, 3.8) is 0 Å². The average Bonchev–Trinajstić information content (AvgIpc) is 2.74. The average molecular weight is 236 g/mol. The Kier molecular flexibility index (Phi) is 2.51. The number of halogens is 1. The smallest absolute Gasteiger partial charge is 0.310 e. The molecular formula is C11H13FN4O. The fourth-order valence-electron chi connectivity index (χ4n) is 2.18. The summed E-state index contributed by atoms with van der Waals surface area (Å²) in [5.41, 5.74) is 1.71. The van der Waals surface area contributed by atoms with Gasteiger partial charge in [0.25, 0.3) is 0 Å². The largest absolute Gasteiger partial charge is 0.358 e. The van der Waals surface area contributed by atoms with Crippen molar-refractivity contribution < 1.29 is 9.13 Å². The molecule has 1 aliphatic heterocycles. The van der Waals surface area contributed by atoms with E-state index in [1.54, 1.807) is 17.8 Å². The van der Waals surface area contributed by atoms with E-state index in [-0.39, 0.29) is 6.23 Å². The van der Waals surface area contributed by atoms with Gasteiger partial charge in [-0.1, -0.05) is 0 Å². The van der Waals surface area contributed by atoms with E-state index in [0.29, 0.717) is 16.9 Å². The molecule has 1 aliphatic rings. The zero-order valence-corrected chi connectivity index (χ0v) is 9.56. The van der Waals surface area contributed by atoms with E-state index in [1.807, 2.05) is 0 Å². The first-order valence-corrected chi connectivity index (χ1v) is 5.74. The number of fused-ring (bicyclic) bond motifs is 1. The first kappa shape index (κ1) is 10.6. The highest BCUT2D eigenvalue weighted by Crippen LogP contribution is 2.26. The lowest BCUT2D eigenvalue weighted by Crippen LogP contribution is -2.18. The third-order valence-corrected chi connectivity index (χ3v) is 3.03. The molecule has 0 aromatic carbocycles.